The van der Waals surface area contributed by atoms with Crippen molar-refractivity contribution in [2.75, 3.05) is 0 Å². The van der Waals surface area contributed by atoms with Crippen molar-refractivity contribution in [1.29, 1.82) is 0 Å². The fraction of sp³-hybridized carbons (Fsp3) is 0.294. The van der Waals surface area contributed by atoms with Gasteiger partial charge in [0.25, 0.3) is 0 Å². The lowest BCUT2D eigenvalue weighted by molar-refractivity contribution is 0.493. The van der Waals surface area contributed by atoms with Crippen LogP contribution in [0.1, 0.15) is 38.7 Å². The summed E-state index contributed by atoms with van der Waals surface area (Å²) in [6.07, 6.45) is 2.22. The van der Waals surface area contributed by atoms with E-state index in [9.17, 15) is 8.78 Å². The summed E-state index contributed by atoms with van der Waals surface area (Å²) in [5.74, 6) is -0.902. The van der Waals surface area contributed by atoms with Gasteiger partial charge in [-0.1, -0.05) is 46.9 Å². The molecule has 4 rings (SSSR count). The number of rotatable bonds is 1. The molecule has 4 heteroatoms. The predicted octanol–water partition coefficient (Wildman–Crippen LogP) is 6.05. The molecule has 0 aromatic heterocycles. The summed E-state index contributed by atoms with van der Waals surface area (Å²) in [6.45, 7) is 0. The van der Waals surface area contributed by atoms with Crippen molar-refractivity contribution in [3.05, 3.63) is 64.7 Å². The lowest BCUT2D eigenvalue weighted by Crippen LogP contribution is -2.06. The van der Waals surface area contributed by atoms with E-state index in [2.05, 4.69) is 34.7 Å². The van der Waals surface area contributed by atoms with E-state index in [0.29, 0.717) is 11.5 Å². The number of thioether (sulfide) groups is 1. The monoisotopic (exact) mass is 414 g/mol. The molecule has 2 atom stereocenters. The fourth-order valence-electron chi connectivity index (χ4n) is 2.98. The van der Waals surface area contributed by atoms with Gasteiger partial charge in [0.15, 0.2) is 11.6 Å². The van der Waals surface area contributed by atoms with Gasteiger partial charge in [0.2, 0.25) is 0 Å². The summed E-state index contributed by atoms with van der Waals surface area (Å²) in [7, 11) is 0. The molecule has 1 aliphatic carbocycles. The van der Waals surface area contributed by atoms with E-state index < -0.39 is 11.6 Å². The molecule has 0 spiro atoms. The van der Waals surface area contributed by atoms with Crippen molar-refractivity contribution in [3.8, 4) is 0 Å². The number of benzene rings is 2. The number of hydrogen-bond donors (Lipinski definition) is 0. The van der Waals surface area contributed by atoms with Crippen LogP contribution in [0.15, 0.2) is 41.3 Å². The SMILES string of the molecule is Fc1ccc2c(c1F)C(C1CC1)Sc1ccccc1C2I. The Labute approximate surface area is 140 Å². The third-order valence-corrected chi connectivity index (χ3v) is 7.06. The maximum Gasteiger partial charge on any atom is 0.163 e. The second kappa shape index (κ2) is 5.23. The molecule has 2 aromatic rings. The summed E-state index contributed by atoms with van der Waals surface area (Å²) in [5.41, 5.74) is 2.74. The van der Waals surface area contributed by atoms with Crippen molar-refractivity contribution < 1.29 is 8.78 Å². The standard InChI is InChI=1S/C17H13F2IS/c18-12-8-7-11-14(15(12)19)17(9-5-6-9)21-13-4-2-1-3-10(13)16(11)20/h1-4,7-9,16-17H,5-6H2. The van der Waals surface area contributed by atoms with Crippen LogP contribution in [-0.4, -0.2) is 0 Å². The van der Waals surface area contributed by atoms with Crippen LogP contribution in [0.25, 0.3) is 0 Å². The number of halogens is 3. The lowest BCUT2D eigenvalue weighted by Gasteiger charge is -2.18. The van der Waals surface area contributed by atoms with Crippen LogP contribution in [0.4, 0.5) is 8.78 Å². The smallest absolute Gasteiger partial charge is 0.163 e. The second-order valence-corrected chi connectivity index (χ2v) is 8.07. The highest BCUT2D eigenvalue weighted by atomic mass is 127. The van der Waals surface area contributed by atoms with Crippen molar-refractivity contribution >= 4 is 34.4 Å². The molecule has 0 saturated heterocycles. The van der Waals surface area contributed by atoms with Crippen molar-refractivity contribution in [2.24, 2.45) is 5.92 Å². The van der Waals surface area contributed by atoms with E-state index in [1.807, 2.05) is 12.1 Å². The Kier molecular flexibility index (Phi) is 3.49. The highest BCUT2D eigenvalue weighted by Crippen LogP contribution is 2.58. The van der Waals surface area contributed by atoms with Gasteiger partial charge in [0.05, 0.1) is 3.92 Å². The van der Waals surface area contributed by atoms with Gasteiger partial charge >= 0.3 is 0 Å². The summed E-state index contributed by atoms with van der Waals surface area (Å²) in [5, 5.41) is 0.0385. The topological polar surface area (TPSA) is 0 Å². The molecular formula is C17H13F2IS. The fourth-order valence-corrected chi connectivity index (χ4v) is 5.86. The molecule has 1 saturated carbocycles. The normalized spacial score (nSPS) is 24.1. The minimum atomic E-state index is -0.727. The van der Waals surface area contributed by atoms with Crippen LogP contribution in [0, 0.1) is 17.6 Å². The largest absolute Gasteiger partial charge is 0.204 e. The number of hydrogen-bond acceptors (Lipinski definition) is 1. The van der Waals surface area contributed by atoms with Gasteiger partial charge < -0.3 is 0 Å². The van der Waals surface area contributed by atoms with Crippen LogP contribution < -0.4 is 0 Å². The Hall–Kier alpha value is -0.620. The minimum Gasteiger partial charge on any atom is -0.204 e. The van der Waals surface area contributed by atoms with Crippen LogP contribution in [-0.2, 0) is 0 Å². The van der Waals surface area contributed by atoms with Gasteiger partial charge in [-0.15, -0.1) is 11.8 Å². The third-order valence-electron chi connectivity index (χ3n) is 4.22. The zero-order chi connectivity index (χ0) is 14.6. The highest BCUT2D eigenvalue weighted by Gasteiger charge is 2.40. The molecular weight excluding hydrogens is 401 g/mol. The maximum absolute atomic E-state index is 14.5. The molecule has 1 fully saturated rings. The summed E-state index contributed by atoms with van der Waals surface area (Å²) in [4.78, 5) is 1.20. The van der Waals surface area contributed by atoms with Gasteiger partial charge in [0, 0.05) is 15.7 Å². The van der Waals surface area contributed by atoms with Crippen molar-refractivity contribution in [3.63, 3.8) is 0 Å². The highest BCUT2D eigenvalue weighted by molar-refractivity contribution is 14.1. The summed E-state index contributed by atoms with van der Waals surface area (Å²) in [6, 6.07) is 11.3. The molecule has 2 aromatic carbocycles. The molecule has 0 bridgehead atoms. The van der Waals surface area contributed by atoms with E-state index in [-0.39, 0.29) is 9.17 Å². The first-order valence-electron chi connectivity index (χ1n) is 7.04. The molecule has 0 N–H and O–H groups in total. The molecule has 1 aliphatic heterocycles. The van der Waals surface area contributed by atoms with Crippen molar-refractivity contribution in [1.82, 2.24) is 0 Å². The zero-order valence-corrected chi connectivity index (χ0v) is 14.1. The number of fused-ring (bicyclic) bond motifs is 2. The van der Waals surface area contributed by atoms with Gasteiger partial charge in [-0.25, -0.2) is 8.78 Å². The maximum atomic E-state index is 14.5. The van der Waals surface area contributed by atoms with Gasteiger partial charge in [-0.3, -0.25) is 0 Å². The van der Waals surface area contributed by atoms with E-state index in [1.165, 1.54) is 16.5 Å². The average Bonchev–Trinajstić information content (AvgIpc) is 3.32. The summed E-state index contributed by atoms with van der Waals surface area (Å²) < 4.78 is 28.3. The van der Waals surface area contributed by atoms with Gasteiger partial charge in [-0.2, -0.15) is 0 Å². The van der Waals surface area contributed by atoms with Gasteiger partial charge in [-0.05, 0) is 42.0 Å². The lowest BCUT2D eigenvalue weighted by atomic mass is 9.95. The van der Waals surface area contributed by atoms with Crippen LogP contribution >= 0.6 is 34.4 Å². The second-order valence-electron chi connectivity index (χ2n) is 5.64. The summed E-state index contributed by atoms with van der Waals surface area (Å²) >= 11 is 4.05. The van der Waals surface area contributed by atoms with E-state index in [4.69, 9.17) is 0 Å². The first kappa shape index (κ1) is 14.0. The quantitative estimate of drug-likeness (QED) is 0.405. The molecule has 0 nitrogen and oxygen atoms in total. The molecule has 108 valence electrons. The molecule has 0 radical (unpaired) electrons. The zero-order valence-electron chi connectivity index (χ0n) is 11.2. The Morgan fingerprint density at radius 3 is 2.52 bits per heavy atom. The average molecular weight is 414 g/mol. The Morgan fingerprint density at radius 1 is 1.00 bits per heavy atom. The molecule has 21 heavy (non-hydrogen) atoms. The first-order chi connectivity index (χ1) is 10.2. The Morgan fingerprint density at radius 2 is 1.76 bits per heavy atom. The Bertz CT molecular complexity index is 712. The van der Waals surface area contributed by atoms with Crippen molar-refractivity contribution in [2.45, 2.75) is 26.9 Å². The molecule has 2 unspecified atom stereocenters. The molecule has 0 amide bonds. The van der Waals surface area contributed by atoms with E-state index >= 15 is 0 Å². The van der Waals surface area contributed by atoms with Crippen LogP contribution in [0.5, 0.6) is 0 Å². The molecule has 2 aliphatic rings. The van der Waals surface area contributed by atoms with Gasteiger partial charge in [0.1, 0.15) is 0 Å². The van der Waals surface area contributed by atoms with Crippen LogP contribution in [0.2, 0.25) is 0 Å². The van der Waals surface area contributed by atoms with Crippen LogP contribution in [0.3, 0.4) is 0 Å². The van der Waals surface area contributed by atoms with E-state index in [0.717, 1.165) is 18.4 Å². The minimum absolute atomic E-state index is 0.0385. The van der Waals surface area contributed by atoms with E-state index in [1.54, 1.807) is 17.8 Å². The predicted molar refractivity (Wildman–Crippen MR) is 90.0 cm³/mol. The Balaban J connectivity index is 1.97. The molecule has 1 heterocycles. The number of alkyl halides is 1. The third kappa shape index (κ3) is 2.31. The first-order valence-corrected chi connectivity index (χ1v) is 9.17.